The summed E-state index contributed by atoms with van der Waals surface area (Å²) in [5.41, 5.74) is 0.0115. The van der Waals surface area contributed by atoms with Crippen molar-refractivity contribution in [2.24, 2.45) is 0 Å². The average molecular weight is 232 g/mol. The highest BCUT2D eigenvalue weighted by Crippen LogP contribution is 2.11. The van der Waals surface area contributed by atoms with Crippen LogP contribution in [0, 0.1) is 0 Å². The van der Waals surface area contributed by atoms with Crippen LogP contribution in [-0.4, -0.2) is 47.2 Å². The van der Waals surface area contributed by atoms with Gasteiger partial charge in [-0.3, -0.25) is 0 Å². The van der Waals surface area contributed by atoms with Crippen molar-refractivity contribution in [3.63, 3.8) is 0 Å². The van der Waals surface area contributed by atoms with Gasteiger partial charge in [-0.05, 0) is 12.8 Å². The first kappa shape index (κ1) is 15.1. The van der Waals surface area contributed by atoms with Gasteiger partial charge in [0.1, 0.15) is 6.61 Å². The Morgan fingerprint density at radius 1 is 1.19 bits per heavy atom. The first-order valence-electron chi connectivity index (χ1n) is 5.39. The molecule has 0 saturated carbocycles. The van der Waals surface area contributed by atoms with E-state index in [4.69, 9.17) is 10.2 Å². The van der Waals surface area contributed by atoms with Crippen molar-refractivity contribution >= 4 is 5.97 Å². The molecule has 0 rings (SSSR count). The number of aliphatic hydroxyl groups excluding tert-OH is 3. The Hall–Kier alpha value is -0.910. The summed E-state index contributed by atoms with van der Waals surface area (Å²) in [5, 5.41) is 26.6. The van der Waals surface area contributed by atoms with Crippen molar-refractivity contribution < 1.29 is 24.9 Å². The highest BCUT2D eigenvalue weighted by atomic mass is 16.5. The lowest BCUT2D eigenvalue weighted by molar-refractivity contribution is -0.141. The lowest BCUT2D eigenvalue weighted by Crippen LogP contribution is -2.20. The Morgan fingerprint density at radius 3 is 2.44 bits per heavy atom. The van der Waals surface area contributed by atoms with Gasteiger partial charge in [0.15, 0.2) is 0 Å². The summed E-state index contributed by atoms with van der Waals surface area (Å²) in [7, 11) is 0. The van der Waals surface area contributed by atoms with E-state index in [0.29, 0.717) is 19.3 Å². The molecule has 0 aromatic carbocycles. The van der Waals surface area contributed by atoms with Crippen molar-refractivity contribution in [3.8, 4) is 0 Å². The third-order valence-electron chi connectivity index (χ3n) is 2.12. The third kappa shape index (κ3) is 6.55. The molecule has 0 aromatic heterocycles. The zero-order chi connectivity index (χ0) is 12.4. The van der Waals surface area contributed by atoms with Crippen molar-refractivity contribution in [1.29, 1.82) is 0 Å². The van der Waals surface area contributed by atoms with Gasteiger partial charge in [0.05, 0.1) is 18.3 Å². The van der Waals surface area contributed by atoms with Crippen LogP contribution in [0.25, 0.3) is 0 Å². The van der Waals surface area contributed by atoms with E-state index >= 15 is 0 Å². The van der Waals surface area contributed by atoms with Crippen LogP contribution in [0.2, 0.25) is 0 Å². The Kier molecular flexibility index (Phi) is 8.80. The smallest absolute Gasteiger partial charge is 0.336 e. The maximum atomic E-state index is 11.2. The van der Waals surface area contributed by atoms with E-state index in [1.54, 1.807) is 0 Å². The minimum Gasteiger partial charge on any atom is -0.460 e. The van der Waals surface area contributed by atoms with E-state index in [9.17, 15) is 9.90 Å². The second-order valence-electron chi connectivity index (χ2n) is 3.47. The molecule has 0 aliphatic heterocycles. The van der Waals surface area contributed by atoms with E-state index in [1.807, 2.05) is 0 Å². The average Bonchev–Trinajstić information content (AvgIpc) is 2.30. The SMILES string of the molecule is C=C(C(=O)OCCO)C(O)CCCCCO. The molecule has 1 atom stereocenters. The molecule has 0 saturated heterocycles. The molecule has 5 nitrogen and oxygen atoms in total. The van der Waals surface area contributed by atoms with Crippen molar-refractivity contribution in [1.82, 2.24) is 0 Å². The van der Waals surface area contributed by atoms with E-state index < -0.39 is 12.1 Å². The molecule has 0 bridgehead atoms. The van der Waals surface area contributed by atoms with Gasteiger partial charge >= 0.3 is 5.97 Å². The lowest BCUT2D eigenvalue weighted by atomic mass is 10.0. The number of aliphatic hydroxyl groups is 3. The third-order valence-corrected chi connectivity index (χ3v) is 2.12. The Morgan fingerprint density at radius 2 is 1.88 bits per heavy atom. The fourth-order valence-electron chi connectivity index (χ4n) is 1.17. The summed E-state index contributed by atoms with van der Waals surface area (Å²) >= 11 is 0. The monoisotopic (exact) mass is 232 g/mol. The number of rotatable bonds is 9. The Labute approximate surface area is 95.4 Å². The Bertz CT molecular complexity index is 214. The van der Waals surface area contributed by atoms with Crippen LogP contribution >= 0.6 is 0 Å². The van der Waals surface area contributed by atoms with Crippen LogP contribution < -0.4 is 0 Å². The second kappa shape index (κ2) is 9.33. The van der Waals surface area contributed by atoms with Crippen LogP contribution in [0.4, 0.5) is 0 Å². The minimum absolute atomic E-state index is 0.0115. The van der Waals surface area contributed by atoms with Gasteiger partial charge in [0, 0.05) is 6.61 Å². The first-order chi connectivity index (χ1) is 7.63. The van der Waals surface area contributed by atoms with Crippen molar-refractivity contribution in [2.45, 2.75) is 31.8 Å². The highest BCUT2D eigenvalue weighted by molar-refractivity contribution is 5.88. The summed E-state index contributed by atoms with van der Waals surface area (Å²) in [6.07, 6.45) is 1.71. The maximum absolute atomic E-state index is 11.2. The largest absolute Gasteiger partial charge is 0.460 e. The summed E-state index contributed by atoms with van der Waals surface area (Å²) in [5.74, 6) is -0.677. The van der Waals surface area contributed by atoms with Gasteiger partial charge in [-0.25, -0.2) is 4.79 Å². The molecule has 0 fully saturated rings. The first-order valence-corrected chi connectivity index (χ1v) is 5.39. The van der Waals surface area contributed by atoms with Crippen LogP contribution in [0.5, 0.6) is 0 Å². The fourth-order valence-corrected chi connectivity index (χ4v) is 1.17. The standard InChI is InChI=1S/C11H20O5/c1-9(11(15)16-8-7-13)10(14)5-3-2-4-6-12/h10,12-14H,1-8H2. The van der Waals surface area contributed by atoms with Gasteiger partial charge in [0.25, 0.3) is 0 Å². The summed E-state index contributed by atoms with van der Waals surface area (Å²) in [6, 6.07) is 0. The molecule has 0 radical (unpaired) electrons. The van der Waals surface area contributed by atoms with Gasteiger partial charge < -0.3 is 20.1 Å². The number of hydrogen-bond donors (Lipinski definition) is 3. The van der Waals surface area contributed by atoms with Gasteiger partial charge in [-0.15, -0.1) is 0 Å². The zero-order valence-corrected chi connectivity index (χ0v) is 9.39. The van der Waals surface area contributed by atoms with E-state index in [1.165, 1.54) is 0 Å². The van der Waals surface area contributed by atoms with E-state index in [0.717, 1.165) is 6.42 Å². The Balaban J connectivity index is 3.75. The van der Waals surface area contributed by atoms with E-state index in [2.05, 4.69) is 11.3 Å². The minimum atomic E-state index is -0.912. The van der Waals surface area contributed by atoms with Crippen LogP contribution in [0.3, 0.4) is 0 Å². The molecule has 3 N–H and O–H groups in total. The second-order valence-corrected chi connectivity index (χ2v) is 3.47. The number of carbonyl (C=O) groups excluding carboxylic acids is 1. The molecule has 5 heteroatoms. The molecular formula is C11H20O5. The number of unbranched alkanes of at least 4 members (excludes halogenated alkanes) is 2. The zero-order valence-electron chi connectivity index (χ0n) is 9.39. The topological polar surface area (TPSA) is 87.0 Å². The van der Waals surface area contributed by atoms with Crippen LogP contribution in [0.1, 0.15) is 25.7 Å². The molecule has 16 heavy (non-hydrogen) atoms. The summed E-state index contributed by atoms with van der Waals surface area (Å²) < 4.78 is 4.61. The maximum Gasteiger partial charge on any atom is 0.336 e. The van der Waals surface area contributed by atoms with Crippen LogP contribution in [-0.2, 0) is 9.53 Å². The number of esters is 1. The lowest BCUT2D eigenvalue weighted by Gasteiger charge is -2.12. The van der Waals surface area contributed by atoms with Gasteiger partial charge in [-0.2, -0.15) is 0 Å². The molecule has 0 aliphatic rings. The normalized spacial score (nSPS) is 12.2. The molecule has 94 valence electrons. The molecule has 0 spiro atoms. The quantitative estimate of drug-likeness (QED) is 0.296. The fraction of sp³-hybridized carbons (Fsp3) is 0.727. The highest BCUT2D eigenvalue weighted by Gasteiger charge is 2.17. The number of ether oxygens (including phenoxy) is 1. The molecule has 0 aromatic rings. The molecule has 1 unspecified atom stereocenters. The number of hydrogen-bond acceptors (Lipinski definition) is 5. The van der Waals surface area contributed by atoms with E-state index in [-0.39, 0.29) is 25.4 Å². The van der Waals surface area contributed by atoms with Crippen molar-refractivity contribution in [2.75, 3.05) is 19.8 Å². The van der Waals surface area contributed by atoms with Crippen LogP contribution in [0.15, 0.2) is 12.2 Å². The molecule has 0 heterocycles. The van der Waals surface area contributed by atoms with Crippen molar-refractivity contribution in [3.05, 3.63) is 12.2 Å². The van der Waals surface area contributed by atoms with Gasteiger partial charge in [0.2, 0.25) is 0 Å². The molecule has 0 amide bonds. The molecule has 0 aliphatic carbocycles. The predicted octanol–water partition coefficient (Wildman–Crippen LogP) is -0.00830. The summed E-state index contributed by atoms with van der Waals surface area (Å²) in [6.45, 7) is 3.25. The molecular weight excluding hydrogens is 212 g/mol. The summed E-state index contributed by atoms with van der Waals surface area (Å²) in [4.78, 5) is 11.2. The number of carbonyl (C=O) groups is 1. The van der Waals surface area contributed by atoms with Gasteiger partial charge in [-0.1, -0.05) is 19.4 Å². The predicted molar refractivity (Wildman–Crippen MR) is 58.7 cm³/mol.